The van der Waals surface area contributed by atoms with Crippen LogP contribution in [-0.4, -0.2) is 45.9 Å². The Bertz CT molecular complexity index is 871. The van der Waals surface area contributed by atoms with Gasteiger partial charge in [0, 0.05) is 24.0 Å². The van der Waals surface area contributed by atoms with Gasteiger partial charge in [0.2, 0.25) is 0 Å². The third kappa shape index (κ3) is 2.97. The summed E-state index contributed by atoms with van der Waals surface area (Å²) in [5, 5.41) is 15.1. The van der Waals surface area contributed by atoms with Crippen molar-refractivity contribution in [2.45, 2.75) is 6.92 Å². The second-order valence-corrected chi connectivity index (χ2v) is 6.72. The van der Waals surface area contributed by atoms with E-state index >= 15 is 0 Å². The molecule has 0 saturated heterocycles. The van der Waals surface area contributed by atoms with Crippen molar-refractivity contribution in [2.24, 2.45) is 0 Å². The van der Waals surface area contributed by atoms with E-state index in [1.165, 1.54) is 16.2 Å². The van der Waals surface area contributed by atoms with Gasteiger partial charge in [-0.25, -0.2) is 4.68 Å². The van der Waals surface area contributed by atoms with Crippen molar-refractivity contribution in [3.63, 3.8) is 0 Å². The average molecular weight is 350 g/mol. The first-order valence-corrected chi connectivity index (χ1v) is 8.32. The number of aromatic nitrogens is 2. The lowest BCUT2D eigenvalue weighted by Gasteiger charge is -2.13. The quantitative estimate of drug-likeness (QED) is 0.787. The highest BCUT2D eigenvalue weighted by Gasteiger charge is 2.19. The van der Waals surface area contributed by atoms with Gasteiger partial charge in [0.05, 0.1) is 22.9 Å². The normalized spacial score (nSPS) is 11.1. The van der Waals surface area contributed by atoms with Gasteiger partial charge in [-0.05, 0) is 31.2 Å². The van der Waals surface area contributed by atoms with Crippen LogP contribution in [0.2, 0.25) is 5.02 Å². The summed E-state index contributed by atoms with van der Waals surface area (Å²) in [6.45, 7) is 2.18. The molecule has 0 bridgehead atoms. The molecule has 0 aliphatic rings. The second-order valence-electron chi connectivity index (χ2n) is 5.26. The van der Waals surface area contributed by atoms with Crippen molar-refractivity contribution in [1.29, 1.82) is 0 Å². The number of likely N-dealkylation sites (N-methyl/N-ethyl adjacent to an activating group) is 1. The summed E-state index contributed by atoms with van der Waals surface area (Å²) in [6.07, 6.45) is 0. The molecule has 5 nitrogen and oxygen atoms in total. The van der Waals surface area contributed by atoms with Crippen molar-refractivity contribution in [3.05, 3.63) is 45.9 Å². The summed E-state index contributed by atoms with van der Waals surface area (Å²) in [6, 6.07) is 9.31. The molecule has 2 heterocycles. The number of thiophene rings is 1. The van der Waals surface area contributed by atoms with E-state index in [0.29, 0.717) is 16.4 Å². The number of rotatable bonds is 4. The Hall–Kier alpha value is -1.89. The number of nitrogens with zero attached hydrogens (tertiary/aromatic N) is 3. The number of hydrogen-bond acceptors (Lipinski definition) is 4. The van der Waals surface area contributed by atoms with Crippen LogP contribution in [-0.2, 0) is 0 Å². The molecule has 7 heteroatoms. The summed E-state index contributed by atoms with van der Waals surface area (Å²) >= 11 is 7.45. The standard InChI is InChI=1S/C16H16ClN3O2S/c1-10-13-9-14(15(22)19(2)6-7-21)23-16(13)20(18-10)12-5-3-4-11(17)8-12/h3-5,8-9,21H,6-7H2,1-2H3. The minimum absolute atomic E-state index is 0.0531. The smallest absolute Gasteiger partial charge is 0.263 e. The van der Waals surface area contributed by atoms with Crippen LogP contribution in [0.4, 0.5) is 0 Å². The average Bonchev–Trinajstić information content (AvgIpc) is 3.08. The van der Waals surface area contributed by atoms with E-state index in [0.717, 1.165) is 21.6 Å². The monoisotopic (exact) mass is 349 g/mol. The molecular weight excluding hydrogens is 334 g/mol. The molecule has 1 aromatic carbocycles. The van der Waals surface area contributed by atoms with Crippen molar-refractivity contribution in [1.82, 2.24) is 14.7 Å². The van der Waals surface area contributed by atoms with Crippen LogP contribution in [0, 0.1) is 6.92 Å². The van der Waals surface area contributed by atoms with E-state index in [1.54, 1.807) is 7.05 Å². The van der Waals surface area contributed by atoms with E-state index in [4.69, 9.17) is 16.7 Å². The SMILES string of the molecule is Cc1nn(-c2cccc(Cl)c2)c2sc(C(=O)N(C)CCO)cc12. The minimum atomic E-state index is -0.0997. The van der Waals surface area contributed by atoms with E-state index in [1.807, 2.05) is 41.9 Å². The molecule has 3 aromatic rings. The number of carbonyl (C=O) groups is 1. The Balaban J connectivity index is 2.07. The van der Waals surface area contributed by atoms with E-state index in [-0.39, 0.29) is 12.5 Å². The molecule has 0 aliphatic heterocycles. The first kappa shape index (κ1) is 16.0. The summed E-state index contributed by atoms with van der Waals surface area (Å²) in [4.78, 5) is 15.4. The number of amides is 1. The van der Waals surface area contributed by atoms with Crippen molar-refractivity contribution < 1.29 is 9.90 Å². The van der Waals surface area contributed by atoms with Crippen LogP contribution in [0.25, 0.3) is 15.9 Å². The molecule has 1 N–H and O–H groups in total. The number of hydrogen-bond donors (Lipinski definition) is 1. The van der Waals surface area contributed by atoms with Crippen LogP contribution in [0.3, 0.4) is 0 Å². The third-order valence-electron chi connectivity index (χ3n) is 3.59. The largest absolute Gasteiger partial charge is 0.395 e. The summed E-state index contributed by atoms with van der Waals surface area (Å²) in [5.74, 6) is -0.0997. The van der Waals surface area contributed by atoms with Gasteiger partial charge in [-0.15, -0.1) is 11.3 Å². The first-order chi connectivity index (χ1) is 11.0. The molecule has 0 aliphatic carbocycles. The molecule has 2 aromatic heterocycles. The van der Waals surface area contributed by atoms with E-state index in [9.17, 15) is 4.79 Å². The van der Waals surface area contributed by atoms with Gasteiger partial charge >= 0.3 is 0 Å². The topological polar surface area (TPSA) is 58.4 Å². The molecule has 0 unspecified atom stereocenters. The Morgan fingerprint density at radius 2 is 2.22 bits per heavy atom. The van der Waals surface area contributed by atoms with Crippen LogP contribution in [0.1, 0.15) is 15.4 Å². The number of aliphatic hydroxyl groups is 1. The summed E-state index contributed by atoms with van der Waals surface area (Å²) in [7, 11) is 1.68. The summed E-state index contributed by atoms with van der Waals surface area (Å²) in [5.41, 5.74) is 1.72. The van der Waals surface area contributed by atoms with Gasteiger partial charge in [0.15, 0.2) is 0 Å². The predicted molar refractivity (Wildman–Crippen MR) is 92.7 cm³/mol. The highest BCUT2D eigenvalue weighted by Crippen LogP contribution is 2.31. The predicted octanol–water partition coefficient (Wildman–Crippen LogP) is 3.11. The number of aliphatic hydroxyl groups excluding tert-OH is 1. The number of carbonyl (C=O) groups excluding carboxylic acids is 1. The maximum atomic E-state index is 12.4. The Morgan fingerprint density at radius 3 is 2.91 bits per heavy atom. The number of aryl methyl sites for hydroxylation is 1. The maximum absolute atomic E-state index is 12.4. The fraction of sp³-hybridized carbons (Fsp3) is 0.250. The van der Waals surface area contributed by atoms with Gasteiger partial charge in [-0.2, -0.15) is 5.10 Å². The Labute approximate surface area is 142 Å². The van der Waals surface area contributed by atoms with Gasteiger partial charge in [-0.1, -0.05) is 17.7 Å². The number of benzene rings is 1. The van der Waals surface area contributed by atoms with Gasteiger partial charge in [0.1, 0.15) is 4.83 Å². The fourth-order valence-corrected chi connectivity index (χ4v) is 3.74. The lowest BCUT2D eigenvalue weighted by atomic mass is 10.3. The number of fused-ring (bicyclic) bond motifs is 1. The zero-order valence-electron chi connectivity index (χ0n) is 12.8. The molecule has 120 valence electrons. The van der Waals surface area contributed by atoms with Gasteiger partial charge in [0.25, 0.3) is 5.91 Å². The molecule has 0 saturated carbocycles. The molecule has 3 rings (SSSR count). The highest BCUT2D eigenvalue weighted by molar-refractivity contribution is 7.20. The van der Waals surface area contributed by atoms with Crippen LogP contribution in [0.5, 0.6) is 0 Å². The molecule has 0 atom stereocenters. The van der Waals surface area contributed by atoms with Gasteiger partial charge < -0.3 is 10.0 Å². The summed E-state index contributed by atoms with van der Waals surface area (Å²) < 4.78 is 1.81. The fourth-order valence-electron chi connectivity index (χ4n) is 2.38. The van der Waals surface area contributed by atoms with Crippen molar-refractivity contribution in [3.8, 4) is 5.69 Å². The van der Waals surface area contributed by atoms with E-state index < -0.39 is 0 Å². The zero-order chi connectivity index (χ0) is 16.6. The van der Waals surface area contributed by atoms with Crippen LogP contribution in [0.15, 0.2) is 30.3 Å². The molecule has 23 heavy (non-hydrogen) atoms. The van der Waals surface area contributed by atoms with Crippen LogP contribution < -0.4 is 0 Å². The Morgan fingerprint density at radius 1 is 1.43 bits per heavy atom. The number of halogens is 1. The third-order valence-corrected chi connectivity index (χ3v) is 4.92. The molecule has 0 fully saturated rings. The minimum Gasteiger partial charge on any atom is -0.395 e. The van der Waals surface area contributed by atoms with Crippen molar-refractivity contribution >= 4 is 39.1 Å². The maximum Gasteiger partial charge on any atom is 0.263 e. The zero-order valence-corrected chi connectivity index (χ0v) is 14.4. The highest BCUT2D eigenvalue weighted by atomic mass is 35.5. The Kier molecular flexibility index (Phi) is 4.39. The molecule has 1 amide bonds. The first-order valence-electron chi connectivity index (χ1n) is 7.12. The molecule has 0 spiro atoms. The molecular formula is C16H16ClN3O2S. The molecule has 0 radical (unpaired) electrons. The second kappa shape index (κ2) is 6.31. The lowest BCUT2D eigenvalue weighted by molar-refractivity contribution is 0.0772. The van der Waals surface area contributed by atoms with E-state index in [2.05, 4.69) is 5.10 Å². The van der Waals surface area contributed by atoms with Crippen molar-refractivity contribution in [2.75, 3.05) is 20.2 Å². The lowest BCUT2D eigenvalue weighted by Crippen LogP contribution is -2.28. The van der Waals surface area contributed by atoms with Gasteiger partial charge in [-0.3, -0.25) is 4.79 Å². The van der Waals surface area contributed by atoms with Crippen LogP contribution >= 0.6 is 22.9 Å².